The van der Waals surface area contributed by atoms with Crippen LogP contribution < -0.4 is 0 Å². The van der Waals surface area contributed by atoms with Crippen LogP contribution in [0.15, 0.2) is 6.20 Å². The molecule has 1 N–H and O–H groups in total. The lowest BCUT2D eigenvalue weighted by Crippen LogP contribution is -2.63. The van der Waals surface area contributed by atoms with Gasteiger partial charge < -0.3 is 14.7 Å². The first-order valence-electron chi connectivity index (χ1n) is 10.1. The van der Waals surface area contributed by atoms with Crippen LogP contribution >= 0.6 is 0 Å². The lowest BCUT2D eigenvalue weighted by atomic mass is 9.69. The largest absolute Gasteiger partial charge is 0.388 e. The number of likely N-dealkylation sites (tertiary alicyclic amines) is 1. The number of β-amino-alcohol motifs (C(OH)–C–C–N with tert-alkyl or cyclic N) is 1. The summed E-state index contributed by atoms with van der Waals surface area (Å²) in [6.07, 6.45) is 3.44. The highest BCUT2D eigenvalue weighted by Gasteiger charge is 2.49. The van der Waals surface area contributed by atoms with E-state index in [1.165, 1.54) is 0 Å². The third-order valence-corrected chi connectivity index (χ3v) is 6.15. The zero-order valence-corrected chi connectivity index (χ0v) is 17.2. The molecule has 7 heteroatoms. The molecule has 0 spiro atoms. The minimum atomic E-state index is -0.803. The maximum absolute atomic E-state index is 13.1. The predicted octanol–water partition coefficient (Wildman–Crippen LogP) is 1.54. The molecule has 0 saturated carbocycles. The summed E-state index contributed by atoms with van der Waals surface area (Å²) in [5.41, 5.74) is 0.271. The molecule has 0 aromatic carbocycles. The monoisotopic (exact) mass is 378 g/mol. The quantitative estimate of drug-likeness (QED) is 0.842. The van der Waals surface area contributed by atoms with Gasteiger partial charge in [0.1, 0.15) is 0 Å². The van der Waals surface area contributed by atoms with Crippen molar-refractivity contribution in [3.05, 3.63) is 17.5 Å². The molecule has 1 aromatic rings. The Hall–Kier alpha value is -1.44. The number of ether oxygens (including phenoxy) is 1. The van der Waals surface area contributed by atoms with E-state index in [9.17, 15) is 9.90 Å². The summed E-state index contributed by atoms with van der Waals surface area (Å²) in [7, 11) is 0. The van der Waals surface area contributed by atoms with Gasteiger partial charge in [0, 0.05) is 50.9 Å². The summed E-state index contributed by atoms with van der Waals surface area (Å²) in [4.78, 5) is 17.3. The van der Waals surface area contributed by atoms with Gasteiger partial charge in [-0.3, -0.25) is 14.4 Å². The summed E-state index contributed by atoms with van der Waals surface area (Å²) in [5, 5.41) is 15.9. The average molecular weight is 379 g/mol. The molecule has 0 bridgehead atoms. The van der Waals surface area contributed by atoms with Gasteiger partial charge in [0.2, 0.25) is 0 Å². The third kappa shape index (κ3) is 4.20. The zero-order chi connectivity index (χ0) is 19.7. The fourth-order valence-electron chi connectivity index (χ4n) is 4.20. The number of nitrogens with zero attached hydrogens (tertiary/aromatic N) is 4. The summed E-state index contributed by atoms with van der Waals surface area (Å²) in [6.45, 7) is 13.9. The van der Waals surface area contributed by atoms with E-state index >= 15 is 0 Å². The summed E-state index contributed by atoms with van der Waals surface area (Å²) < 4.78 is 7.27. The Kier molecular flexibility index (Phi) is 5.93. The van der Waals surface area contributed by atoms with Crippen LogP contribution in [0, 0.1) is 12.3 Å². The smallest absolute Gasteiger partial charge is 0.257 e. The van der Waals surface area contributed by atoms with Gasteiger partial charge in [0.15, 0.2) is 0 Å². The number of carbonyl (C=O) groups excluding carboxylic acids is 1. The van der Waals surface area contributed by atoms with Gasteiger partial charge in [-0.1, -0.05) is 20.8 Å². The van der Waals surface area contributed by atoms with Crippen molar-refractivity contribution in [3.63, 3.8) is 0 Å². The SMILES string of the molecule is CCCn1cc(C(=O)N2CCC(O)(CN3CCOCC3)C(C)(C)C2)c(C)n1. The number of aryl methyl sites for hydroxylation is 2. The Morgan fingerprint density at radius 2 is 2.00 bits per heavy atom. The number of amides is 1. The Morgan fingerprint density at radius 1 is 1.30 bits per heavy atom. The molecule has 2 fully saturated rings. The van der Waals surface area contributed by atoms with E-state index in [2.05, 4.69) is 30.8 Å². The van der Waals surface area contributed by atoms with Crippen LogP contribution in [0.5, 0.6) is 0 Å². The molecule has 2 aliphatic heterocycles. The van der Waals surface area contributed by atoms with E-state index in [1.807, 2.05) is 22.7 Å². The van der Waals surface area contributed by atoms with Crippen LogP contribution in [0.25, 0.3) is 0 Å². The van der Waals surface area contributed by atoms with Gasteiger partial charge in [0.25, 0.3) is 5.91 Å². The molecule has 27 heavy (non-hydrogen) atoms. The summed E-state index contributed by atoms with van der Waals surface area (Å²) in [5.74, 6) is 0.0244. The second-order valence-corrected chi connectivity index (χ2v) is 8.67. The molecule has 2 saturated heterocycles. The Labute approximate surface area is 162 Å². The van der Waals surface area contributed by atoms with Gasteiger partial charge in [-0.05, 0) is 19.8 Å². The number of hydrogen-bond donors (Lipinski definition) is 1. The Bertz CT molecular complexity index is 666. The van der Waals surface area contributed by atoms with Crippen LogP contribution in [-0.4, -0.2) is 82.1 Å². The third-order valence-electron chi connectivity index (χ3n) is 6.15. The molecule has 3 rings (SSSR count). The molecule has 0 aliphatic carbocycles. The van der Waals surface area contributed by atoms with E-state index in [-0.39, 0.29) is 11.3 Å². The Morgan fingerprint density at radius 3 is 2.63 bits per heavy atom. The molecule has 2 aliphatic rings. The minimum Gasteiger partial charge on any atom is -0.388 e. The number of piperidine rings is 1. The van der Waals surface area contributed by atoms with E-state index in [0.29, 0.717) is 31.6 Å². The van der Waals surface area contributed by atoms with E-state index in [1.54, 1.807) is 0 Å². The van der Waals surface area contributed by atoms with Crippen molar-refractivity contribution in [1.29, 1.82) is 0 Å². The van der Waals surface area contributed by atoms with Crippen LogP contribution in [0.3, 0.4) is 0 Å². The van der Waals surface area contributed by atoms with Crippen LogP contribution in [-0.2, 0) is 11.3 Å². The van der Waals surface area contributed by atoms with Crippen LogP contribution in [0.2, 0.25) is 0 Å². The van der Waals surface area contributed by atoms with Crippen molar-refractivity contribution >= 4 is 5.91 Å². The molecule has 152 valence electrons. The number of rotatable bonds is 5. The van der Waals surface area contributed by atoms with Gasteiger partial charge in [-0.2, -0.15) is 5.10 Å². The second-order valence-electron chi connectivity index (χ2n) is 8.67. The highest BCUT2D eigenvalue weighted by atomic mass is 16.5. The fraction of sp³-hybridized carbons (Fsp3) is 0.800. The first kappa shape index (κ1) is 20.3. The van der Waals surface area contributed by atoms with Crippen molar-refractivity contribution in [2.45, 2.75) is 52.7 Å². The molecule has 3 heterocycles. The van der Waals surface area contributed by atoms with E-state index in [0.717, 1.165) is 45.0 Å². The number of carbonyl (C=O) groups is 1. The number of aliphatic hydroxyl groups is 1. The van der Waals surface area contributed by atoms with Gasteiger partial charge in [-0.15, -0.1) is 0 Å². The van der Waals surface area contributed by atoms with Crippen LogP contribution in [0.1, 0.15) is 49.7 Å². The van der Waals surface area contributed by atoms with E-state index < -0.39 is 5.60 Å². The molecule has 7 nitrogen and oxygen atoms in total. The maximum atomic E-state index is 13.1. The molecular formula is C20H34N4O3. The van der Waals surface area contributed by atoms with Crippen molar-refractivity contribution < 1.29 is 14.6 Å². The van der Waals surface area contributed by atoms with Crippen molar-refractivity contribution in [3.8, 4) is 0 Å². The first-order valence-corrected chi connectivity index (χ1v) is 10.1. The summed E-state index contributed by atoms with van der Waals surface area (Å²) >= 11 is 0. The standard InChI is InChI=1S/C20H34N4O3/c1-5-7-24-13-17(16(2)21-24)18(25)23-8-6-20(26,19(3,4)14-23)15-22-9-11-27-12-10-22/h13,26H,5-12,14-15H2,1-4H3. The van der Waals surface area contributed by atoms with E-state index in [4.69, 9.17) is 4.74 Å². The molecule has 1 atom stereocenters. The van der Waals surface area contributed by atoms with Gasteiger partial charge >= 0.3 is 0 Å². The number of aromatic nitrogens is 2. The van der Waals surface area contributed by atoms with Crippen molar-refractivity contribution in [2.24, 2.45) is 5.41 Å². The lowest BCUT2D eigenvalue weighted by Gasteiger charge is -2.52. The molecule has 1 amide bonds. The maximum Gasteiger partial charge on any atom is 0.257 e. The van der Waals surface area contributed by atoms with Crippen molar-refractivity contribution in [2.75, 3.05) is 45.9 Å². The first-order chi connectivity index (χ1) is 12.8. The highest BCUT2D eigenvalue weighted by Crippen LogP contribution is 2.40. The highest BCUT2D eigenvalue weighted by molar-refractivity contribution is 5.95. The number of hydrogen-bond acceptors (Lipinski definition) is 5. The fourth-order valence-corrected chi connectivity index (χ4v) is 4.20. The molecule has 1 unspecified atom stereocenters. The van der Waals surface area contributed by atoms with Gasteiger partial charge in [0.05, 0.1) is 30.1 Å². The Balaban J connectivity index is 1.69. The molecular weight excluding hydrogens is 344 g/mol. The van der Waals surface area contributed by atoms with Crippen molar-refractivity contribution in [1.82, 2.24) is 19.6 Å². The van der Waals surface area contributed by atoms with Crippen LogP contribution in [0.4, 0.5) is 0 Å². The lowest BCUT2D eigenvalue weighted by molar-refractivity contribution is -0.133. The average Bonchev–Trinajstić information content (AvgIpc) is 2.98. The normalized spacial score (nSPS) is 26.3. The molecule has 1 aromatic heterocycles. The second kappa shape index (κ2) is 7.89. The topological polar surface area (TPSA) is 70.8 Å². The minimum absolute atomic E-state index is 0.0244. The molecule has 0 radical (unpaired) electrons. The van der Waals surface area contributed by atoms with Gasteiger partial charge in [-0.25, -0.2) is 0 Å². The number of morpholine rings is 1. The predicted molar refractivity (Wildman–Crippen MR) is 104 cm³/mol. The summed E-state index contributed by atoms with van der Waals surface area (Å²) in [6, 6.07) is 0. The zero-order valence-electron chi connectivity index (χ0n) is 17.2.